The van der Waals surface area contributed by atoms with Gasteiger partial charge in [0.1, 0.15) is 0 Å². The largest absolute Gasteiger partial charge is 0.309 e. The van der Waals surface area contributed by atoms with Crippen LogP contribution in [0.1, 0.15) is 0 Å². The van der Waals surface area contributed by atoms with E-state index in [-0.39, 0.29) is 0 Å². The van der Waals surface area contributed by atoms with E-state index in [2.05, 4.69) is 437 Å². The first kappa shape index (κ1) is 68.9. The minimum atomic E-state index is 0.629. The molecule has 0 aliphatic heterocycles. The van der Waals surface area contributed by atoms with E-state index in [9.17, 15) is 0 Å². The highest BCUT2D eigenvalue weighted by molar-refractivity contribution is 6.21. The maximum absolute atomic E-state index is 5.38. The van der Waals surface area contributed by atoms with Gasteiger partial charge >= 0.3 is 0 Å². The molecule has 0 spiro atoms. The molecule has 0 amide bonds. The molecule has 17 aromatic carbocycles. The molecule has 0 bridgehead atoms. The molecule has 0 radical (unpaired) electrons. The number of para-hydroxylation sites is 4. The predicted octanol–water partition coefficient (Wildman–Crippen LogP) is 28.3. The van der Waals surface area contributed by atoms with Crippen LogP contribution in [0.15, 0.2) is 437 Å². The molecule has 0 saturated heterocycles. The molecule has 0 saturated carbocycles. The third kappa shape index (κ3) is 12.4. The highest BCUT2D eigenvalue weighted by Crippen LogP contribution is 2.44. The van der Waals surface area contributed by atoms with Crippen molar-refractivity contribution < 1.29 is 0 Å². The number of benzene rings is 17. The average Bonchev–Trinajstić information content (AvgIpc) is 1.56. The van der Waals surface area contributed by atoms with Crippen molar-refractivity contribution in [3.63, 3.8) is 0 Å². The summed E-state index contributed by atoms with van der Waals surface area (Å²) in [5.41, 5.74) is 30.7. The van der Waals surface area contributed by atoms with Gasteiger partial charge in [0.05, 0.1) is 66.9 Å². The zero-order valence-electron chi connectivity index (χ0n) is 64.1. The van der Waals surface area contributed by atoms with Gasteiger partial charge in [0.25, 0.3) is 0 Å². The number of fused-ring (bicyclic) bond motifs is 12. The van der Waals surface area contributed by atoms with Gasteiger partial charge in [-0.25, -0.2) is 19.9 Å². The van der Waals surface area contributed by atoms with Gasteiger partial charge in [-0.15, -0.1) is 0 Å². The van der Waals surface area contributed by atoms with Gasteiger partial charge in [-0.3, -0.25) is 9.13 Å². The summed E-state index contributed by atoms with van der Waals surface area (Å²) in [6, 6.07) is 155. The lowest BCUT2D eigenvalue weighted by Crippen LogP contribution is -2.04. The van der Waals surface area contributed by atoms with Crippen LogP contribution in [-0.2, 0) is 0 Å². The predicted molar refractivity (Wildman–Crippen MR) is 490 cm³/mol. The zero-order chi connectivity index (χ0) is 78.0. The Morgan fingerprint density at radius 3 is 0.576 bits per heavy atom. The number of rotatable bonds is 13. The van der Waals surface area contributed by atoms with Crippen molar-refractivity contribution >= 4 is 87.2 Å². The number of hydrogen-bond acceptors (Lipinski definition) is 4. The van der Waals surface area contributed by atoms with Crippen molar-refractivity contribution in [2.75, 3.05) is 0 Å². The van der Waals surface area contributed by atoms with Gasteiger partial charge in [0.2, 0.25) is 11.9 Å². The van der Waals surface area contributed by atoms with Crippen molar-refractivity contribution in [3.8, 4) is 124 Å². The third-order valence-corrected chi connectivity index (χ3v) is 23.2. The normalized spacial score (nSPS) is 11.6. The second kappa shape index (κ2) is 29.3. The molecule has 0 aliphatic carbocycles. The van der Waals surface area contributed by atoms with E-state index < -0.39 is 0 Å². The van der Waals surface area contributed by atoms with Gasteiger partial charge in [-0.2, -0.15) is 0 Å². The Kier molecular flexibility index (Phi) is 17.1. The highest BCUT2D eigenvalue weighted by Gasteiger charge is 2.24. The van der Waals surface area contributed by atoms with E-state index >= 15 is 0 Å². The molecule has 118 heavy (non-hydrogen) atoms. The topological polar surface area (TPSA) is 71.3 Å². The van der Waals surface area contributed by atoms with Crippen LogP contribution >= 0.6 is 0 Å². The molecule has 8 nitrogen and oxygen atoms in total. The van der Waals surface area contributed by atoms with Gasteiger partial charge < -0.3 is 9.13 Å². The minimum Gasteiger partial charge on any atom is -0.309 e. The van der Waals surface area contributed by atoms with E-state index in [1.54, 1.807) is 0 Å². The van der Waals surface area contributed by atoms with Crippen molar-refractivity contribution in [3.05, 3.63) is 437 Å². The molecule has 23 aromatic rings. The van der Waals surface area contributed by atoms with Gasteiger partial charge in [-0.1, -0.05) is 352 Å². The molecule has 0 N–H and O–H groups in total. The van der Waals surface area contributed by atoms with E-state index in [1.807, 2.05) is 18.2 Å². The van der Waals surface area contributed by atoms with Crippen LogP contribution in [0, 0.1) is 0 Å². The van der Waals surface area contributed by atoms with Crippen molar-refractivity contribution in [2.24, 2.45) is 0 Å². The molecule has 8 heteroatoms. The second-order valence-corrected chi connectivity index (χ2v) is 30.1. The fourth-order valence-corrected chi connectivity index (χ4v) is 17.4. The number of aromatic nitrogens is 8. The zero-order valence-corrected chi connectivity index (χ0v) is 64.1. The summed E-state index contributed by atoms with van der Waals surface area (Å²) in [6.07, 6.45) is 0. The van der Waals surface area contributed by atoms with Crippen molar-refractivity contribution in [2.45, 2.75) is 0 Å². The van der Waals surface area contributed by atoms with Crippen LogP contribution in [0.5, 0.6) is 0 Å². The minimum absolute atomic E-state index is 0.629. The van der Waals surface area contributed by atoms with E-state index in [0.717, 1.165) is 106 Å². The molecule has 0 atom stereocenters. The fourth-order valence-electron chi connectivity index (χ4n) is 17.4. The molecule has 6 aromatic heterocycles. The maximum atomic E-state index is 5.38. The van der Waals surface area contributed by atoms with Gasteiger partial charge in [0.15, 0.2) is 0 Å². The van der Waals surface area contributed by atoms with Crippen molar-refractivity contribution in [1.82, 2.24) is 38.2 Å². The molecule has 0 aliphatic rings. The molecule has 0 fully saturated rings. The Morgan fingerprint density at radius 1 is 0.127 bits per heavy atom. The van der Waals surface area contributed by atoms with Crippen LogP contribution in [-0.4, -0.2) is 38.2 Å². The SMILES string of the molecule is c1ccc(-c2ccc(-c3ccc(-n4c5ccccc5c5cc6c7ccccc7n(-c7nc(-c8ccccc8)cc(-c8ccc(-c9ccccc9)cc8)n7)c6cc54)cc3)cc2)cc1.c1ccc(-c2ccc(-c3ccc(-n4c5ccccc5c5cc6c7ccccc7n(-c7nc(-c8ccccc8)cc(-c8ccccc8)n7)c6cc54)cc3)cc2)cc1. The van der Waals surface area contributed by atoms with Crippen LogP contribution in [0.3, 0.4) is 0 Å². The Morgan fingerprint density at radius 2 is 0.314 bits per heavy atom. The number of nitrogens with zero attached hydrogens (tertiary/aromatic N) is 8. The molecular weight excluding hydrogens is 1430 g/mol. The van der Waals surface area contributed by atoms with E-state index in [1.165, 1.54) is 93.5 Å². The summed E-state index contributed by atoms with van der Waals surface area (Å²) in [4.78, 5) is 21.3. The summed E-state index contributed by atoms with van der Waals surface area (Å²) in [5, 5.41) is 9.49. The van der Waals surface area contributed by atoms with Gasteiger partial charge in [-0.05, 0) is 141 Å². The number of hydrogen-bond donors (Lipinski definition) is 0. The van der Waals surface area contributed by atoms with Crippen LogP contribution in [0.4, 0.5) is 0 Å². The second-order valence-electron chi connectivity index (χ2n) is 30.1. The van der Waals surface area contributed by atoms with Crippen LogP contribution in [0.2, 0.25) is 0 Å². The summed E-state index contributed by atoms with van der Waals surface area (Å²) >= 11 is 0. The lowest BCUT2D eigenvalue weighted by molar-refractivity contribution is 0.995. The molecule has 23 rings (SSSR count). The standard InChI is InChI=1S/C58H38N4.C52H34N4/c1-4-14-39(15-5-1)41-24-26-43(27-25-41)44-32-34-47(35-33-44)61-54-22-12-10-20-48(54)50-36-51-49-21-11-13-23-55(49)62(57(51)38-56(50)61)58-59-52(45-18-8-3-9-19-45)37-53(60-58)46-30-28-42(29-31-46)40-16-6-2-7-17-40;1-4-14-35(15-5-1)36-24-26-37(27-25-36)38-28-30-41(31-29-38)55-48-22-12-10-20-42(48)44-32-45-43-21-11-13-23-49(43)56(51(45)34-50(44)55)52-53-46(39-16-6-2-7-17-39)33-47(54-52)40-18-8-3-9-19-40/h1-38H;1-34H. The molecule has 6 heterocycles. The lowest BCUT2D eigenvalue weighted by atomic mass is 10.0. The van der Waals surface area contributed by atoms with Crippen molar-refractivity contribution in [1.29, 1.82) is 0 Å². The average molecular weight is 1510 g/mol. The fraction of sp³-hybridized carbons (Fsp3) is 0. The Hall–Kier alpha value is -15.9. The smallest absolute Gasteiger partial charge is 0.235 e. The molecule has 0 unspecified atom stereocenters. The Bertz CT molecular complexity index is 7630. The first-order chi connectivity index (χ1) is 58.5. The first-order valence-electron chi connectivity index (χ1n) is 40.1. The van der Waals surface area contributed by atoms with Gasteiger partial charge in [0, 0.05) is 76.7 Å². The van der Waals surface area contributed by atoms with E-state index in [0.29, 0.717) is 11.9 Å². The maximum Gasteiger partial charge on any atom is 0.235 e. The lowest BCUT2D eigenvalue weighted by Gasteiger charge is -2.13. The summed E-state index contributed by atoms with van der Waals surface area (Å²) in [7, 11) is 0. The Labute approximate surface area is 681 Å². The van der Waals surface area contributed by atoms with Crippen LogP contribution < -0.4 is 0 Å². The quantitative estimate of drug-likeness (QED) is 0.115. The van der Waals surface area contributed by atoms with Crippen LogP contribution in [0.25, 0.3) is 211 Å². The highest BCUT2D eigenvalue weighted by atomic mass is 15.2. The summed E-state index contributed by atoms with van der Waals surface area (Å²) < 4.78 is 9.29. The monoisotopic (exact) mass is 1500 g/mol. The summed E-state index contributed by atoms with van der Waals surface area (Å²) in [5.74, 6) is 1.27. The molecule has 552 valence electrons. The first-order valence-corrected chi connectivity index (χ1v) is 40.1. The summed E-state index contributed by atoms with van der Waals surface area (Å²) in [6.45, 7) is 0. The third-order valence-electron chi connectivity index (χ3n) is 23.2. The van der Waals surface area contributed by atoms with E-state index in [4.69, 9.17) is 19.9 Å². The Balaban J connectivity index is 0.000000143. The molecular formula is C110H72N8.